The Hall–Kier alpha value is -2.37. The summed E-state index contributed by atoms with van der Waals surface area (Å²) in [6.07, 6.45) is 2.45. The highest BCUT2D eigenvalue weighted by atomic mass is 16.6. The molecule has 92 valence electrons. The molecule has 0 saturated heterocycles. The first-order valence-electron chi connectivity index (χ1n) is 5.71. The molecule has 0 bridgehead atoms. The Balaban J connectivity index is 2.27. The van der Waals surface area contributed by atoms with E-state index in [9.17, 15) is 10.1 Å². The molecular weight excluding hydrogens is 234 g/mol. The van der Waals surface area contributed by atoms with Gasteiger partial charge < -0.3 is 10.2 Å². The van der Waals surface area contributed by atoms with E-state index in [0.29, 0.717) is 5.71 Å². The van der Waals surface area contributed by atoms with Crippen LogP contribution in [0.5, 0.6) is 0 Å². The zero-order chi connectivity index (χ0) is 12.7. The van der Waals surface area contributed by atoms with Gasteiger partial charge in [0.05, 0.1) is 10.6 Å². The van der Waals surface area contributed by atoms with Gasteiger partial charge in [-0.3, -0.25) is 10.1 Å². The van der Waals surface area contributed by atoms with Crippen LogP contribution in [0.3, 0.4) is 0 Å². The maximum absolute atomic E-state index is 10.8. The summed E-state index contributed by atoms with van der Waals surface area (Å²) in [5, 5.41) is 23.9. The van der Waals surface area contributed by atoms with Gasteiger partial charge in [-0.25, -0.2) is 0 Å². The second-order valence-corrected chi connectivity index (χ2v) is 4.37. The van der Waals surface area contributed by atoms with Gasteiger partial charge in [0.15, 0.2) is 0 Å². The van der Waals surface area contributed by atoms with E-state index < -0.39 is 4.92 Å². The normalized spacial score (nSPS) is 17.0. The third-order valence-corrected chi connectivity index (χ3v) is 3.35. The van der Waals surface area contributed by atoms with Gasteiger partial charge in [0.25, 0.3) is 5.69 Å². The summed E-state index contributed by atoms with van der Waals surface area (Å²) in [4.78, 5) is 13.6. The minimum absolute atomic E-state index is 0.0809. The highest BCUT2D eigenvalue weighted by molar-refractivity contribution is 6.06. The number of aromatic nitrogens is 1. The van der Waals surface area contributed by atoms with Crippen molar-refractivity contribution < 1.29 is 10.1 Å². The molecule has 1 aromatic heterocycles. The number of nitro benzene ring substituents is 1. The largest absolute Gasteiger partial charge is 0.411 e. The van der Waals surface area contributed by atoms with Crippen LogP contribution in [0.15, 0.2) is 23.4 Å². The summed E-state index contributed by atoms with van der Waals surface area (Å²) in [7, 11) is 0. The summed E-state index contributed by atoms with van der Waals surface area (Å²) in [5.41, 5.74) is 3.35. The molecule has 0 radical (unpaired) electrons. The van der Waals surface area contributed by atoms with Gasteiger partial charge in [-0.15, -0.1) is 0 Å². The van der Waals surface area contributed by atoms with Gasteiger partial charge in [-0.05, 0) is 30.9 Å². The Bertz CT molecular complexity index is 673. The van der Waals surface area contributed by atoms with Gasteiger partial charge in [0.1, 0.15) is 5.71 Å². The van der Waals surface area contributed by atoms with Crippen molar-refractivity contribution in [1.29, 1.82) is 0 Å². The summed E-state index contributed by atoms with van der Waals surface area (Å²) in [6, 6.07) is 4.74. The van der Waals surface area contributed by atoms with Crippen LogP contribution in [-0.4, -0.2) is 20.8 Å². The second kappa shape index (κ2) is 3.83. The van der Waals surface area contributed by atoms with E-state index >= 15 is 0 Å². The Labute approximate surface area is 102 Å². The first-order chi connectivity index (χ1) is 8.70. The molecule has 0 unspecified atom stereocenters. The summed E-state index contributed by atoms with van der Waals surface area (Å²) in [6.45, 7) is 0. The molecule has 6 heteroatoms. The van der Waals surface area contributed by atoms with E-state index in [2.05, 4.69) is 10.1 Å². The number of oxime groups is 1. The lowest BCUT2D eigenvalue weighted by Crippen LogP contribution is -2.10. The average Bonchev–Trinajstić information content (AvgIpc) is 2.76. The van der Waals surface area contributed by atoms with Crippen molar-refractivity contribution in [3.63, 3.8) is 0 Å². The molecule has 0 fully saturated rings. The highest BCUT2D eigenvalue weighted by Crippen LogP contribution is 2.31. The van der Waals surface area contributed by atoms with Crippen molar-refractivity contribution in [1.82, 2.24) is 4.98 Å². The van der Waals surface area contributed by atoms with Crippen molar-refractivity contribution in [3.8, 4) is 0 Å². The molecule has 1 aliphatic carbocycles. The molecule has 1 heterocycles. The Morgan fingerprint density at radius 3 is 2.94 bits per heavy atom. The molecule has 2 aromatic rings. The number of aromatic amines is 1. The van der Waals surface area contributed by atoms with Gasteiger partial charge in [-0.1, -0.05) is 5.16 Å². The van der Waals surface area contributed by atoms with Crippen LogP contribution in [-0.2, 0) is 6.42 Å². The van der Waals surface area contributed by atoms with E-state index in [1.165, 1.54) is 6.07 Å². The molecule has 0 amide bonds. The Morgan fingerprint density at radius 2 is 2.22 bits per heavy atom. The molecule has 1 aliphatic rings. The van der Waals surface area contributed by atoms with E-state index in [4.69, 9.17) is 5.21 Å². The van der Waals surface area contributed by atoms with E-state index in [-0.39, 0.29) is 5.69 Å². The quantitative estimate of drug-likeness (QED) is 0.459. The number of hydrogen-bond acceptors (Lipinski definition) is 4. The maximum Gasteiger partial charge on any atom is 0.270 e. The van der Waals surface area contributed by atoms with Crippen molar-refractivity contribution in [2.24, 2.45) is 5.16 Å². The van der Waals surface area contributed by atoms with E-state index in [1.807, 2.05) is 0 Å². The summed E-state index contributed by atoms with van der Waals surface area (Å²) < 4.78 is 0. The minimum atomic E-state index is -0.400. The molecule has 0 atom stereocenters. The maximum atomic E-state index is 10.8. The van der Waals surface area contributed by atoms with Gasteiger partial charge in [0, 0.05) is 23.0 Å². The number of aryl methyl sites for hydroxylation is 1. The van der Waals surface area contributed by atoms with E-state index in [1.54, 1.807) is 12.1 Å². The number of nitrogens with one attached hydrogen (secondary N) is 1. The van der Waals surface area contributed by atoms with Crippen molar-refractivity contribution in [2.75, 3.05) is 0 Å². The van der Waals surface area contributed by atoms with Crippen LogP contribution in [0.25, 0.3) is 10.9 Å². The lowest BCUT2D eigenvalue weighted by molar-refractivity contribution is -0.384. The van der Waals surface area contributed by atoms with Crippen molar-refractivity contribution in [3.05, 3.63) is 39.6 Å². The van der Waals surface area contributed by atoms with Gasteiger partial charge in [0.2, 0.25) is 0 Å². The fourth-order valence-electron chi connectivity index (χ4n) is 2.51. The van der Waals surface area contributed by atoms with Crippen LogP contribution in [0, 0.1) is 10.1 Å². The lowest BCUT2D eigenvalue weighted by atomic mass is 9.94. The van der Waals surface area contributed by atoms with Crippen molar-refractivity contribution >= 4 is 22.3 Å². The molecule has 0 spiro atoms. The number of hydrogen-bond donors (Lipinski definition) is 2. The lowest BCUT2D eigenvalue weighted by Gasteiger charge is -2.12. The number of nitrogens with zero attached hydrogens (tertiary/aromatic N) is 2. The molecule has 18 heavy (non-hydrogen) atoms. The first-order valence-corrected chi connectivity index (χ1v) is 5.71. The molecule has 0 aliphatic heterocycles. The predicted octanol–water partition coefficient (Wildman–Crippen LogP) is 2.59. The highest BCUT2D eigenvalue weighted by Gasteiger charge is 2.22. The summed E-state index contributed by atoms with van der Waals surface area (Å²) in [5.74, 6) is 0. The number of benzene rings is 1. The van der Waals surface area contributed by atoms with Crippen LogP contribution in [0.4, 0.5) is 5.69 Å². The summed E-state index contributed by atoms with van der Waals surface area (Å²) >= 11 is 0. The third kappa shape index (κ3) is 1.46. The number of nitro groups is 1. The van der Waals surface area contributed by atoms with Crippen LogP contribution >= 0.6 is 0 Å². The standard InChI is InChI=1S/C12H11N3O3/c16-14-11-3-1-2-8-9-6-7(15(17)18)4-5-10(9)13-12(8)11/h4-6,13,16H,1-3H2. The number of non-ortho nitro benzene ring substituents is 1. The molecule has 1 aromatic carbocycles. The smallest absolute Gasteiger partial charge is 0.270 e. The first kappa shape index (κ1) is 10.8. The monoisotopic (exact) mass is 245 g/mol. The van der Waals surface area contributed by atoms with E-state index in [0.717, 1.165) is 41.4 Å². The third-order valence-electron chi connectivity index (χ3n) is 3.35. The van der Waals surface area contributed by atoms with Crippen LogP contribution in [0.1, 0.15) is 24.1 Å². The Morgan fingerprint density at radius 1 is 1.39 bits per heavy atom. The molecule has 6 nitrogen and oxygen atoms in total. The van der Waals surface area contributed by atoms with Crippen molar-refractivity contribution in [2.45, 2.75) is 19.3 Å². The zero-order valence-electron chi connectivity index (χ0n) is 9.51. The fourth-order valence-corrected chi connectivity index (χ4v) is 2.51. The number of H-pyrrole nitrogens is 1. The molecule has 3 rings (SSSR count). The van der Waals surface area contributed by atoms with Gasteiger partial charge >= 0.3 is 0 Å². The van der Waals surface area contributed by atoms with Crippen LogP contribution in [0.2, 0.25) is 0 Å². The number of rotatable bonds is 1. The number of fused-ring (bicyclic) bond motifs is 3. The predicted molar refractivity (Wildman–Crippen MR) is 66.2 cm³/mol. The fraction of sp³-hybridized carbons (Fsp3) is 0.250. The molecular formula is C12H11N3O3. The molecule has 0 saturated carbocycles. The SMILES string of the molecule is O=[N+]([O-])c1ccc2[nH]c3c(c2c1)CCCC3=NO. The van der Waals surface area contributed by atoms with Gasteiger partial charge in [-0.2, -0.15) is 0 Å². The minimum Gasteiger partial charge on any atom is -0.411 e. The second-order valence-electron chi connectivity index (χ2n) is 4.37. The zero-order valence-corrected chi connectivity index (χ0v) is 9.51. The topological polar surface area (TPSA) is 91.5 Å². The molecule has 2 N–H and O–H groups in total. The average molecular weight is 245 g/mol. The van der Waals surface area contributed by atoms with Crippen LogP contribution < -0.4 is 0 Å². The Kier molecular flexibility index (Phi) is 2.29.